The number of nitrogens with zero attached hydrogens (tertiary/aromatic N) is 3. The fraction of sp³-hybridized carbons (Fsp3) is 0.714. The van der Waals surface area contributed by atoms with Crippen molar-refractivity contribution in [3.63, 3.8) is 0 Å². The van der Waals surface area contributed by atoms with Crippen LogP contribution in [0.1, 0.15) is 27.2 Å². The first kappa shape index (κ1) is 9.63. The molecule has 2 N–H and O–H groups in total. The van der Waals surface area contributed by atoms with Crippen LogP contribution in [0.2, 0.25) is 0 Å². The molecule has 0 aromatic carbocycles. The third-order valence-corrected chi connectivity index (χ3v) is 2.07. The first-order chi connectivity index (χ1) is 6.06. The quantitative estimate of drug-likeness (QED) is 0.717. The molecule has 0 spiro atoms. The Bertz CT molecular complexity index is 279. The molecule has 13 heavy (non-hydrogen) atoms. The number of hydrogen-bond acceptors (Lipinski definition) is 4. The zero-order valence-electron chi connectivity index (χ0n) is 7.96. The number of aromatic nitrogens is 4. The molecular formula is C7H13N5O. The van der Waals surface area contributed by atoms with Crippen molar-refractivity contribution >= 4 is 11.9 Å². The van der Waals surface area contributed by atoms with E-state index in [0.29, 0.717) is 0 Å². The molecule has 1 heterocycles. The number of hydrogen-bond donors (Lipinski definition) is 2. The molecule has 0 saturated carbocycles. The van der Waals surface area contributed by atoms with Crippen LogP contribution in [0.5, 0.6) is 0 Å². The standard InChI is InChI=1S/C7H13N5O/c1-4-7(2,3)5(13)8-6-9-11-12-10-6/h4H2,1-3H3,(H2,8,9,10,11,12,13). The third-order valence-electron chi connectivity index (χ3n) is 2.07. The van der Waals surface area contributed by atoms with E-state index in [1.54, 1.807) is 0 Å². The molecule has 6 nitrogen and oxygen atoms in total. The van der Waals surface area contributed by atoms with Crippen molar-refractivity contribution in [2.75, 3.05) is 5.32 Å². The summed E-state index contributed by atoms with van der Waals surface area (Å²) in [7, 11) is 0. The van der Waals surface area contributed by atoms with Gasteiger partial charge in [0.25, 0.3) is 5.95 Å². The van der Waals surface area contributed by atoms with E-state index in [0.717, 1.165) is 6.42 Å². The van der Waals surface area contributed by atoms with Gasteiger partial charge in [-0.3, -0.25) is 10.1 Å². The molecule has 0 aliphatic heterocycles. The smallest absolute Gasteiger partial charge is 0.269 e. The van der Waals surface area contributed by atoms with E-state index in [4.69, 9.17) is 0 Å². The zero-order valence-corrected chi connectivity index (χ0v) is 7.96. The van der Waals surface area contributed by atoms with Crippen molar-refractivity contribution in [3.05, 3.63) is 0 Å². The van der Waals surface area contributed by atoms with E-state index in [2.05, 4.69) is 25.9 Å². The van der Waals surface area contributed by atoms with Crippen molar-refractivity contribution in [1.29, 1.82) is 0 Å². The van der Waals surface area contributed by atoms with E-state index in [9.17, 15) is 4.79 Å². The van der Waals surface area contributed by atoms with Gasteiger partial charge < -0.3 is 0 Å². The summed E-state index contributed by atoms with van der Waals surface area (Å²) in [5.41, 5.74) is -0.402. The van der Waals surface area contributed by atoms with Gasteiger partial charge >= 0.3 is 0 Å². The Kier molecular flexibility index (Phi) is 2.60. The minimum absolute atomic E-state index is 0.101. The normalized spacial score (nSPS) is 11.3. The Hall–Kier alpha value is -1.46. The van der Waals surface area contributed by atoms with Gasteiger partial charge in [-0.2, -0.15) is 5.21 Å². The van der Waals surface area contributed by atoms with Crippen molar-refractivity contribution in [2.45, 2.75) is 27.2 Å². The van der Waals surface area contributed by atoms with Crippen molar-refractivity contribution < 1.29 is 4.79 Å². The summed E-state index contributed by atoms with van der Waals surface area (Å²) in [4.78, 5) is 11.5. The van der Waals surface area contributed by atoms with Gasteiger partial charge in [0, 0.05) is 5.41 Å². The Morgan fingerprint density at radius 1 is 1.62 bits per heavy atom. The maximum absolute atomic E-state index is 11.5. The second-order valence-corrected chi connectivity index (χ2v) is 3.43. The van der Waals surface area contributed by atoms with Crippen LogP contribution < -0.4 is 5.32 Å². The summed E-state index contributed by atoms with van der Waals surface area (Å²) in [6, 6.07) is 0. The van der Waals surface area contributed by atoms with Gasteiger partial charge in [0.2, 0.25) is 5.91 Å². The highest BCUT2D eigenvalue weighted by molar-refractivity contribution is 5.93. The van der Waals surface area contributed by atoms with Crippen LogP contribution in [-0.2, 0) is 4.79 Å². The van der Waals surface area contributed by atoms with Gasteiger partial charge in [-0.25, -0.2) is 0 Å². The zero-order chi connectivity index (χ0) is 9.90. The highest BCUT2D eigenvalue weighted by atomic mass is 16.2. The minimum atomic E-state index is -0.402. The van der Waals surface area contributed by atoms with E-state index < -0.39 is 5.41 Å². The molecule has 1 aromatic heterocycles. The molecule has 1 amide bonds. The number of carbonyl (C=O) groups excluding carboxylic acids is 1. The lowest BCUT2D eigenvalue weighted by molar-refractivity contribution is -0.124. The molecule has 0 saturated heterocycles. The highest BCUT2D eigenvalue weighted by Crippen LogP contribution is 2.20. The summed E-state index contributed by atoms with van der Waals surface area (Å²) >= 11 is 0. The van der Waals surface area contributed by atoms with E-state index in [-0.39, 0.29) is 11.9 Å². The lowest BCUT2D eigenvalue weighted by Gasteiger charge is -2.19. The molecular weight excluding hydrogens is 170 g/mol. The molecule has 0 aliphatic rings. The van der Waals surface area contributed by atoms with Gasteiger partial charge in [0.15, 0.2) is 0 Å². The van der Waals surface area contributed by atoms with Gasteiger partial charge in [0.1, 0.15) is 0 Å². The average Bonchev–Trinajstić information content (AvgIpc) is 2.57. The Morgan fingerprint density at radius 2 is 2.31 bits per heavy atom. The van der Waals surface area contributed by atoms with Crippen LogP contribution in [0.3, 0.4) is 0 Å². The van der Waals surface area contributed by atoms with Gasteiger partial charge in [0.05, 0.1) is 0 Å². The predicted molar refractivity (Wildman–Crippen MR) is 46.9 cm³/mol. The molecule has 0 aliphatic carbocycles. The second-order valence-electron chi connectivity index (χ2n) is 3.43. The number of nitrogens with one attached hydrogen (secondary N) is 2. The SMILES string of the molecule is CCC(C)(C)C(=O)Nc1nn[nH]n1. The molecule has 0 radical (unpaired) electrons. The molecule has 0 fully saturated rings. The van der Waals surface area contributed by atoms with Gasteiger partial charge in [-0.05, 0) is 11.6 Å². The number of aromatic amines is 1. The highest BCUT2D eigenvalue weighted by Gasteiger charge is 2.25. The number of tetrazole rings is 1. The summed E-state index contributed by atoms with van der Waals surface area (Å²) in [5.74, 6) is 0.114. The predicted octanol–water partition coefficient (Wildman–Crippen LogP) is 0.574. The number of amides is 1. The fourth-order valence-electron chi connectivity index (χ4n) is 0.646. The lowest BCUT2D eigenvalue weighted by Crippen LogP contribution is -2.30. The van der Waals surface area contributed by atoms with E-state index >= 15 is 0 Å². The first-order valence-electron chi connectivity index (χ1n) is 4.11. The van der Waals surface area contributed by atoms with E-state index in [1.165, 1.54) is 0 Å². The molecule has 72 valence electrons. The monoisotopic (exact) mass is 183 g/mol. The van der Waals surface area contributed by atoms with Crippen molar-refractivity contribution in [1.82, 2.24) is 20.6 Å². The van der Waals surface area contributed by atoms with Gasteiger partial charge in [-0.1, -0.05) is 25.9 Å². The molecule has 1 rings (SSSR count). The van der Waals surface area contributed by atoms with Crippen molar-refractivity contribution in [2.24, 2.45) is 5.41 Å². The summed E-state index contributed by atoms with van der Waals surface area (Å²) in [6.07, 6.45) is 0.761. The number of rotatable bonds is 3. The van der Waals surface area contributed by atoms with Gasteiger partial charge in [-0.15, -0.1) is 5.10 Å². The van der Waals surface area contributed by atoms with E-state index in [1.807, 2.05) is 20.8 Å². The number of anilines is 1. The van der Waals surface area contributed by atoms with Crippen molar-refractivity contribution in [3.8, 4) is 0 Å². The molecule has 1 aromatic rings. The largest absolute Gasteiger partial charge is 0.291 e. The second kappa shape index (κ2) is 3.51. The Balaban J connectivity index is 2.61. The summed E-state index contributed by atoms with van der Waals surface area (Å²) < 4.78 is 0. The lowest BCUT2D eigenvalue weighted by atomic mass is 9.89. The van der Waals surface area contributed by atoms with Crippen LogP contribution in [0, 0.1) is 5.41 Å². The maximum Gasteiger partial charge on any atom is 0.269 e. The summed E-state index contributed by atoms with van der Waals surface area (Å²) in [6.45, 7) is 5.68. The Labute approximate surface area is 76.1 Å². The minimum Gasteiger partial charge on any atom is -0.291 e. The summed E-state index contributed by atoms with van der Waals surface area (Å²) in [5, 5.41) is 15.4. The third kappa shape index (κ3) is 2.24. The van der Waals surface area contributed by atoms with Crippen LogP contribution in [-0.4, -0.2) is 26.5 Å². The molecule has 6 heteroatoms. The first-order valence-corrected chi connectivity index (χ1v) is 4.11. The average molecular weight is 183 g/mol. The fourth-order valence-corrected chi connectivity index (χ4v) is 0.646. The van der Waals surface area contributed by atoms with Crippen LogP contribution >= 0.6 is 0 Å². The topological polar surface area (TPSA) is 83.6 Å². The molecule has 0 atom stereocenters. The molecule has 0 bridgehead atoms. The number of H-pyrrole nitrogens is 1. The van der Waals surface area contributed by atoms with Crippen LogP contribution in [0.25, 0.3) is 0 Å². The molecule has 0 unspecified atom stereocenters. The van der Waals surface area contributed by atoms with Crippen LogP contribution in [0.15, 0.2) is 0 Å². The number of carbonyl (C=O) groups is 1. The maximum atomic E-state index is 11.5. The van der Waals surface area contributed by atoms with Crippen LogP contribution in [0.4, 0.5) is 5.95 Å². The Morgan fingerprint density at radius 3 is 2.77 bits per heavy atom.